The van der Waals surface area contributed by atoms with E-state index in [1.807, 2.05) is 30.3 Å². The molecule has 0 unspecified atom stereocenters. The zero-order valence-electron chi connectivity index (χ0n) is 14.4. The Hall–Kier alpha value is -3.00. The van der Waals surface area contributed by atoms with Crippen molar-refractivity contribution in [2.75, 3.05) is 6.54 Å². The van der Waals surface area contributed by atoms with Crippen molar-refractivity contribution in [1.29, 1.82) is 0 Å². The van der Waals surface area contributed by atoms with Gasteiger partial charge in [0.25, 0.3) is 0 Å². The van der Waals surface area contributed by atoms with Gasteiger partial charge in [0.1, 0.15) is 0 Å². The minimum Gasteiger partial charge on any atom is -0.406 e. The maximum Gasteiger partial charge on any atom is 0.437 e. The summed E-state index contributed by atoms with van der Waals surface area (Å²) in [6.07, 6.45) is -4.40. The number of benzene rings is 2. The molecule has 0 radical (unpaired) electrons. The number of hydrogen-bond donors (Lipinski definition) is 1. The number of hydrogen-bond acceptors (Lipinski definition) is 3. The second-order valence-corrected chi connectivity index (χ2v) is 6.23. The zero-order chi connectivity index (χ0) is 20.1. The fourth-order valence-corrected chi connectivity index (χ4v) is 2.66. The van der Waals surface area contributed by atoms with E-state index >= 15 is 0 Å². The second-order valence-electron chi connectivity index (χ2n) is 5.80. The molecule has 5 nitrogen and oxygen atoms in total. The quantitative estimate of drug-likeness (QED) is 0.653. The van der Waals surface area contributed by atoms with Crippen LogP contribution in [0.5, 0.6) is 5.75 Å². The van der Waals surface area contributed by atoms with Gasteiger partial charge in [-0.15, -0.1) is 0 Å². The van der Waals surface area contributed by atoms with Crippen LogP contribution in [0.4, 0.5) is 18.0 Å². The number of amides is 1. The van der Waals surface area contributed by atoms with Crippen LogP contribution in [0.1, 0.15) is 11.3 Å². The standard InChI is InChI=1S/C19H15ClF3N3O2/c20-14-6-8-15(9-7-14)26-17(19(21,22)23)16(12-25-26)28-18(27)24-11-10-13-4-2-1-3-5-13/h1-9,12H,10-11H2,(H,24,27). The number of carbonyl (C=O) groups excluding carboxylic acids is 1. The van der Waals surface area contributed by atoms with Crippen LogP contribution in [0, 0.1) is 0 Å². The summed E-state index contributed by atoms with van der Waals surface area (Å²) in [7, 11) is 0. The Labute approximate surface area is 163 Å². The minimum atomic E-state index is -4.78. The highest BCUT2D eigenvalue weighted by molar-refractivity contribution is 6.30. The summed E-state index contributed by atoms with van der Waals surface area (Å²) in [6.45, 7) is 0.218. The average Bonchev–Trinajstić information content (AvgIpc) is 3.07. The van der Waals surface area contributed by atoms with E-state index in [2.05, 4.69) is 10.4 Å². The molecule has 1 amide bonds. The first-order valence-electron chi connectivity index (χ1n) is 8.25. The third-order valence-corrected chi connectivity index (χ3v) is 4.06. The molecular formula is C19H15ClF3N3O2. The summed E-state index contributed by atoms with van der Waals surface area (Å²) >= 11 is 5.77. The normalized spacial score (nSPS) is 11.3. The smallest absolute Gasteiger partial charge is 0.406 e. The number of nitrogens with one attached hydrogen (secondary N) is 1. The number of halogens is 4. The number of nitrogens with zero attached hydrogens (tertiary/aromatic N) is 2. The van der Waals surface area contributed by atoms with Gasteiger partial charge in [-0.1, -0.05) is 41.9 Å². The molecule has 0 atom stereocenters. The number of alkyl halides is 3. The summed E-state index contributed by atoms with van der Waals surface area (Å²) < 4.78 is 46.1. The summed E-state index contributed by atoms with van der Waals surface area (Å²) in [5, 5.41) is 6.52. The Morgan fingerprint density at radius 1 is 1.11 bits per heavy atom. The number of ether oxygens (including phenoxy) is 1. The topological polar surface area (TPSA) is 56.1 Å². The van der Waals surface area contributed by atoms with E-state index in [9.17, 15) is 18.0 Å². The van der Waals surface area contributed by atoms with E-state index < -0.39 is 23.7 Å². The number of carbonyl (C=O) groups is 1. The van der Waals surface area contributed by atoms with Gasteiger partial charge in [-0.05, 0) is 36.2 Å². The lowest BCUT2D eigenvalue weighted by Crippen LogP contribution is -2.29. The summed E-state index contributed by atoms with van der Waals surface area (Å²) in [4.78, 5) is 11.9. The van der Waals surface area contributed by atoms with Crippen LogP contribution in [0.2, 0.25) is 5.02 Å². The molecule has 3 rings (SSSR count). The van der Waals surface area contributed by atoms with Crippen LogP contribution in [-0.2, 0) is 12.6 Å². The van der Waals surface area contributed by atoms with Gasteiger partial charge in [0, 0.05) is 11.6 Å². The van der Waals surface area contributed by atoms with Gasteiger partial charge in [-0.3, -0.25) is 0 Å². The zero-order valence-corrected chi connectivity index (χ0v) is 15.2. The van der Waals surface area contributed by atoms with Gasteiger partial charge in [0.15, 0.2) is 11.4 Å². The Kier molecular flexibility index (Phi) is 5.89. The van der Waals surface area contributed by atoms with E-state index in [0.717, 1.165) is 11.8 Å². The highest BCUT2D eigenvalue weighted by Gasteiger charge is 2.40. The molecule has 1 N–H and O–H groups in total. The van der Waals surface area contributed by atoms with Gasteiger partial charge < -0.3 is 10.1 Å². The van der Waals surface area contributed by atoms with Crippen LogP contribution in [-0.4, -0.2) is 22.4 Å². The fraction of sp³-hybridized carbons (Fsp3) is 0.158. The fourth-order valence-electron chi connectivity index (χ4n) is 2.54. The van der Waals surface area contributed by atoms with Crippen molar-refractivity contribution in [3.63, 3.8) is 0 Å². The van der Waals surface area contributed by atoms with Gasteiger partial charge >= 0.3 is 12.3 Å². The molecular weight excluding hydrogens is 395 g/mol. The van der Waals surface area contributed by atoms with Crippen molar-refractivity contribution in [3.05, 3.63) is 77.1 Å². The molecule has 3 aromatic rings. The molecule has 1 aromatic heterocycles. The highest BCUT2D eigenvalue weighted by Crippen LogP contribution is 2.37. The second kappa shape index (κ2) is 8.35. The summed E-state index contributed by atoms with van der Waals surface area (Å²) in [5.74, 6) is -0.681. The third kappa shape index (κ3) is 4.83. The average molecular weight is 410 g/mol. The van der Waals surface area contributed by atoms with Gasteiger partial charge in [0.2, 0.25) is 0 Å². The largest absolute Gasteiger partial charge is 0.437 e. The van der Waals surface area contributed by atoms with Gasteiger partial charge in [-0.2, -0.15) is 18.3 Å². The Balaban J connectivity index is 1.72. The maximum absolute atomic E-state index is 13.5. The van der Waals surface area contributed by atoms with Crippen LogP contribution in [0.25, 0.3) is 5.69 Å². The molecule has 0 saturated heterocycles. The maximum atomic E-state index is 13.5. The molecule has 1 heterocycles. The Morgan fingerprint density at radius 3 is 2.43 bits per heavy atom. The number of aromatic nitrogens is 2. The lowest BCUT2D eigenvalue weighted by Gasteiger charge is -2.13. The summed E-state index contributed by atoms with van der Waals surface area (Å²) in [5.41, 5.74) is -0.0709. The van der Waals surface area contributed by atoms with Crippen LogP contribution in [0.3, 0.4) is 0 Å². The predicted molar refractivity (Wildman–Crippen MR) is 97.7 cm³/mol. The van der Waals surface area contributed by atoms with E-state index in [0.29, 0.717) is 16.1 Å². The monoisotopic (exact) mass is 409 g/mol. The molecule has 146 valence electrons. The molecule has 0 fully saturated rings. The highest BCUT2D eigenvalue weighted by atomic mass is 35.5. The molecule has 9 heteroatoms. The van der Waals surface area contributed by atoms with E-state index in [1.54, 1.807) is 0 Å². The lowest BCUT2D eigenvalue weighted by molar-refractivity contribution is -0.143. The third-order valence-electron chi connectivity index (χ3n) is 3.80. The van der Waals surface area contributed by atoms with Crippen LogP contribution >= 0.6 is 11.6 Å². The van der Waals surface area contributed by atoms with Gasteiger partial charge in [-0.25, -0.2) is 9.48 Å². The van der Waals surface area contributed by atoms with Crippen molar-refractivity contribution in [1.82, 2.24) is 15.1 Å². The molecule has 0 saturated carbocycles. The van der Waals surface area contributed by atoms with E-state index in [1.165, 1.54) is 24.3 Å². The van der Waals surface area contributed by atoms with Crippen molar-refractivity contribution >= 4 is 17.7 Å². The van der Waals surface area contributed by atoms with E-state index in [4.69, 9.17) is 16.3 Å². The van der Waals surface area contributed by atoms with Crippen molar-refractivity contribution in [2.24, 2.45) is 0 Å². The molecule has 0 aliphatic heterocycles. The first-order chi connectivity index (χ1) is 13.3. The minimum absolute atomic E-state index is 0.135. The van der Waals surface area contributed by atoms with E-state index in [-0.39, 0.29) is 12.2 Å². The lowest BCUT2D eigenvalue weighted by atomic mass is 10.1. The molecule has 28 heavy (non-hydrogen) atoms. The first kappa shape index (κ1) is 19.8. The predicted octanol–water partition coefficient (Wildman–Crippen LogP) is 4.88. The molecule has 0 spiro atoms. The Morgan fingerprint density at radius 2 is 1.79 bits per heavy atom. The molecule has 0 aliphatic rings. The molecule has 0 bridgehead atoms. The van der Waals surface area contributed by atoms with Crippen molar-refractivity contribution in [2.45, 2.75) is 12.6 Å². The SMILES string of the molecule is O=C(NCCc1ccccc1)Oc1cnn(-c2ccc(Cl)cc2)c1C(F)(F)F. The van der Waals surface area contributed by atoms with Crippen LogP contribution in [0.15, 0.2) is 60.8 Å². The molecule has 0 aliphatic carbocycles. The number of rotatable bonds is 5. The van der Waals surface area contributed by atoms with Crippen molar-refractivity contribution < 1.29 is 22.7 Å². The van der Waals surface area contributed by atoms with Crippen molar-refractivity contribution in [3.8, 4) is 11.4 Å². The van der Waals surface area contributed by atoms with Crippen LogP contribution < -0.4 is 10.1 Å². The van der Waals surface area contributed by atoms with Gasteiger partial charge in [0.05, 0.1) is 11.9 Å². The first-order valence-corrected chi connectivity index (χ1v) is 8.63. The molecule has 2 aromatic carbocycles. The summed E-state index contributed by atoms with van der Waals surface area (Å²) in [6, 6.07) is 15.0. The Bertz CT molecular complexity index is 941.